The third-order valence-electron chi connectivity index (χ3n) is 3.99. The van der Waals surface area contributed by atoms with Gasteiger partial charge in [-0.1, -0.05) is 6.07 Å². The molecule has 0 saturated carbocycles. The average Bonchev–Trinajstić information content (AvgIpc) is 3.10. The molecule has 0 spiro atoms. The van der Waals surface area contributed by atoms with Gasteiger partial charge in [0.1, 0.15) is 11.6 Å². The fraction of sp³-hybridized carbons (Fsp3) is 0.353. The van der Waals surface area contributed by atoms with Crippen LogP contribution in [0.5, 0.6) is 0 Å². The normalized spacial score (nSPS) is 16.8. The van der Waals surface area contributed by atoms with Crippen molar-refractivity contribution in [2.24, 2.45) is 0 Å². The zero-order valence-electron chi connectivity index (χ0n) is 13.0. The smallest absolute Gasteiger partial charge is 0.254 e. The van der Waals surface area contributed by atoms with Gasteiger partial charge in [-0.3, -0.25) is 9.69 Å². The Balaban J connectivity index is 1.70. The van der Waals surface area contributed by atoms with Gasteiger partial charge in [0.2, 0.25) is 0 Å². The van der Waals surface area contributed by atoms with Crippen LogP contribution in [0.2, 0.25) is 0 Å². The number of nitrogens with zero attached hydrogens (tertiary/aromatic N) is 1. The molecular weight excluding hydrogens is 334 g/mol. The van der Waals surface area contributed by atoms with Gasteiger partial charge in [-0.15, -0.1) is 11.3 Å². The van der Waals surface area contributed by atoms with Crippen molar-refractivity contribution in [3.63, 3.8) is 0 Å². The van der Waals surface area contributed by atoms with E-state index in [9.17, 15) is 13.6 Å². The molecule has 0 radical (unpaired) electrons. The predicted molar refractivity (Wildman–Crippen MR) is 88.1 cm³/mol. The van der Waals surface area contributed by atoms with Crippen LogP contribution in [0.4, 0.5) is 8.78 Å². The maximum atomic E-state index is 13.7. The van der Waals surface area contributed by atoms with Crippen LogP contribution in [0.3, 0.4) is 0 Å². The first-order valence-electron chi connectivity index (χ1n) is 7.73. The van der Waals surface area contributed by atoms with E-state index in [2.05, 4.69) is 10.2 Å². The molecule has 2 aromatic rings. The SMILES string of the molecule is O=C(NCC(c1cccs1)N1CCOCC1)c1ccc(F)cc1F. The first-order valence-corrected chi connectivity index (χ1v) is 8.61. The summed E-state index contributed by atoms with van der Waals surface area (Å²) in [5, 5.41) is 4.76. The molecule has 1 unspecified atom stereocenters. The molecule has 1 fully saturated rings. The zero-order chi connectivity index (χ0) is 16.9. The number of hydrogen-bond acceptors (Lipinski definition) is 4. The molecule has 0 aliphatic carbocycles. The Labute approximate surface area is 143 Å². The second-order valence-corrected chi connectivity index (χ2v) is 6.49. The molecule has 4 nitrogen and oxygen atoms in total. The lowest BCUT2D eigenvalue weighted by atomic mass is 10.1. The topological polar surface area (TPSA) is 41.6 Å². The van der Waals surface area contributed by atoms with Crippen LogP contribution in [0, 0.1) is 11.6 Å². The van der Waals surface area contributed by atoms with Crippen LogP contribution >= 0.6 is 11.3 Å². The van der Waals surface area contributed by atoms with Gasteiger partial charge in [0.25, 0.3) is 5.91 Å². The molecule has 1 aromatic heterocycles. The fourth-order valence-electron chi connectivity index (χ4n) is 2.74. The van der Waals surface area contributed by atoms with E-state index in [1.165, 1.54) is 0 Å². The number of amides is 1. The summed E-state index contributed by atoms with van der Waals surface area (Å²) in [6.07, 6.45) is 0. The van der Waals surface area contributed by atoms with E-state index in [-0.39, 0.29) is 11.6 Å². The second kappa shape index (κ2) is 7.83. The number of ether oxygens (including phenoxy) is 1. The minimum Gasteiger partial charge on any atom is -0.379 e. The summed E-state index contributed by atoms with van der Waals surface area (Å²) in [7, 11) is 0. The third-order valence-corrected chi connectivity index (χ3v) is 4.96. The van der Waals surface area contributed by atoms with Gasteiger partial charge < -0.3 is 10.1 Å². The molecule has 1 amide bonds. The van der Waals surface area contributed by atoms with Crippen LogP contribution in [-0.2, 0) is 4.74 Å². The zero-order valence-corrected chi connectivity index (χ0v) is 13.8. The Morgan fingerprint density at radius 1 is 1.29 bits per heavy atom. The molecule has 1 aliphatic rings. The van der Waals surface area contributed by atoms with Gasteiger partial charge in [0.15, 0.2) is 0 Å². The summed E-state index contributed by atoms with van der Waals surface area (Å²) in [5.41, 5.74) is -0.150. The van der Waals surface area contributed by atoms with Gasteiger partial charge in [-0.25, -0.2) is 8.78 Å². The largest absolute Gasteiger partial charge is 0.379 e. The molecule has 2 heterocycles. The highest BCUT2D eigenvalue weighted by atomic mass is 32.1. The third kappa shape index (κ3) is 3.98. The van der Waals surface area contributed by atoms with E-state index >= 15 is 0 Å². The summed E-state index contributed by atoms with van der Waals surface area (Å²) in [6, 6.07) is 6.96. The Kier molecular flexibility index (Phi) is 5.55. The Hall–Kier alpha value is -1.83. The van der Waals surface area contributed by atoms with Crippen molar-refractivity contribution in [2.45, 2.75) is 6.04 Å². The van der Waals surface area contributed by atoms with Gasteiger partial charge in [-0.2, -0.15) is 0 Å². The maximum absolute atomic E-state index is 13.7. The Bertz CT molecular complexity index is 688. The summed E-state index contributed by atoms with van der Waals surface area (Å²) < 4.78 is 32.1. The average molecular weight is 352 g/mol. The van der Waals surface area contributed by atoms with Crippen molar-refractivity contribution in [1.29, 1.82) is 0 Å². The Morgan fingerprint density at radius 2 is 2.08 bits per heavy atom. The van der Waals surface area contributed by atoms with Crippen molar-refractivity contribution in [2.75, 3.05) is 32.8 Å². The quantitative estimate of drug-likeness (QED) is 0.900. The molecule has 3 rings (SSSR count). The van der Waals surface area contributed by atoms with E-state index < -0.39 is 17.5 Å². The number of halogens is 2. The van der Waals surface area contributed by atoms with E-state index in [1.54, 1.807) is 11.3 Å². The van der Waals surface area contributed by atoms with Crippen molar-refractivity contribution in [1.82, 2.24) is 10.2 Å². The molecule has 1 saturated heterocycles. The van der Waals surface area contributed by atoms with Gasteiger partial charge in [0.05, 0.1) is 24.8 Å². The van der Waals surface area contributed by atoms with Crippen molar-refractivity contribution in [3.05, 3.63) is 57.8 Å². The van der Waals surface area contributed by atoms with Gasteiger partial charge in [-0.05, 0) is 23.6 Å². The van der Waals surface area contributed by atoms with Crippen LogP contribution < -0.4 is 5.32 Å². The Morgan fingerprint density at radius 3 is 2.75 bits per heavy atom. The first kappa shape index (κ1) is 17.0. The molecule has 1 aliphatic heterocycles. The highest BCUT2D eigenvalue weighted by Crippen LogP contribution is 2.25. The molecule has 24 heavy (non-hydrogen) atoms. The molecule has 128 valence electrons. The summed E-state index contributed by atoms with van der Waals surface area (Å²) in [4.78, 5) is 15.6. The van der Waals surface area contributed by atoms with E-state index in [0.717, 1.165) is 30.1 Å². The molecular formula is C17H18F2N2O2S. The molecule has 0 bridgehead atoms. The van der Waals surface area contributed by atoms with E-state index in [4.69, 9.17) is 4.74 Å². The number of hydrogen-bond donors (Lipinski definition) is 1. The monoisotopic (exact) mass is 352 g/mol. The lowest BCUT2D eigenvalue weighted by Gasteiger charge is -2.34. The fourth-order valence-corrected chi connectivity index (χ4v) is 3.60. The minimum absolute atomic E-state index is 0.0151. The number of morpholine rings is 1. The molecule has 1 atom stereocenters. The predicted octanol–water partition coefficient (Wildman–Crippen LogP) is 2.83. The van der Waals surface area contributed by atoms with Crippen molar-refractivity contribution in [3.8, 4) is 0 Å². The number of carbonyl (C=O) groups excluding carboxylic acids is 1. The van der Waals surface area contributed by atoms with Crippen molar-refractivity contribution < 1.29 is 18.3 Å². The van der Waals surface area contributed by atoms with Gasteiger partial charge in [0, 0.05) is 30.6 Å². The van der Waals surface area contributed by atoms with Gasteiger partial charge >= 0.3 is 0 Å². The highest BCUT2D eigenvalue weighted by molar-refractivity contribution is 7.10. The number of benzene rings is 1. The molecule has 1 N–H and O–H groups in total. The number of rotatable bonds is 5. The second-order valence-electron chi connectivity index (χ2n) is 5.51. The molecule has 1 aromatic carbocycles. The van der Waals surface area contributed by atoms with Crippen LogP contribution in [0.1, 0.15) is 21.3 Å². The van der Waals surface area contributed by atoms with Crippen LogP contribution in [0.15, 0.2) is 35.7 Å². The lowest BCUT2D eigenvalue weighted by Crippen LogP contribution is -2.43. The van der Waals surface area contributed by atoms with E-state index in [1.807, 2.05) is 17.5 Å². The maximum Gasteiger partial charge on any atom is 0.254 e. The summed E-state index contributed by atoms with van der Waals surface area (Å²) in [6.45, 7) is 3.23. The number of thiophene rings is 1. The van der Waals surface area contributed by atoms with E-state index in [0.29, 0.717) is 25.8 Å². The van der Waals surface area contributed by atoms with Crippen molar-refractivity contribution >= 4 is 17.2 Å². The standard InChI is InChI=1S/C17H18F2N2O2S/c18-12-3-4-13(14(19)10-12)17(22)20-11-15(16-2-1-9-24-16)21-5-7-23-8-6-21/h1-4,9-10,15H,5-8,11H2,(H,20,22). The molecule has 7 heteroatoms. The lowest BCUT2D eigenvalue weighted by molar-refractivity contribution is 0.0169. The minimum atomic E-state index is -0.855. The number of nitrogens with one attached hydrogen (secondary N) is 1. The summed E-state index contributed by atoms with van der Waals surface area (Å²) >= 11 is 1.62. The van der Waals surface area contributed by atoms with Crippen LogP contribution in [0.25, 0.3) is 0 Å². The number of carbonyl (C=O) groups is 1. The summed E-state index contributed by atoms with van der Waals surface area (Å²) in [5.74, 6) is -2.09. The van der Waals surface area contributed by atoms with Crippen LogP contribution in [-0.4, -0.2) is 43.7 Å². The highest BCUT2D eigenvalue weighted by Gasteiger charge is 2.24. The first-order chi connectivity index (χ1) is 11.6.